The van der Waals surface area contributed by atoms with Crippen molar-refractivity contribution in [2.75, 3.05) is 38.0 Å². The third-order valence-electron chi connectivity index (χ3n) is 4.75. The predicted molar refractivity (Wildman–Crippen MR) is 98.3 cm³/mol. The van der Waals surface area contributed by atoms with Gasteiger partial charge in [0.25, 0.3) is 0 Å². The molecule has 1 aromatic rings. The van der Waals surface area contributed by atoms with Gasteiger partial charge < -0.3 is 20.9 Å². The summed E-state index contributed by atoms with van der Waals surface area (Å²) >= 11 is 0. The lowest BCUT2D eigenvalue weighted by molar-refractivity contribution is -0.126. The molecule has 2 heterocycles. The van der Waals surface area contributed by atoms with Crippen molar-refractivity contribution >= 4 is 17.6 Å². The molecule has 1 unspecified atom stereocenters. The minimum absolute atomic E-state index is 0.0524. The average Bonchev–Trinajstić information content (AvgIpc) is 2.68. The Morgan fingerprint density at radius 3 is 2.84 bits per heavy atom. The van der Waals surface area contributed by atoms with Gasteiger partial charge in [0.05, 0.1) is 5.92 Å². The molecule has 134 valence electrons. The first-order valence-electron chi connectivity index (χ1n) is 8.99. The van der Waals surface area contributed by atoms with Gasteiger partial charge in [-0.15, -0.1) is 0 Å². The lowest BCUT2D eigenvalue weighted by atomic mass is 9.97. The van der Waals surface area contributed by atoms with Gasteiger partial charge in [0, 0.05) is 31.9 Å². The number of hydrogen-bond donors (Lipinski definition) is 3. The quantitative estimate of drug-likeness (QED) is 0.733. The van der Waals surface area contributed by atoms with E-state index < -0.39 is 0 Å². The molecule has 1 fully saturated rings. The van der Waals surface area contributed by atoms with E-state index in [1.807, 2.05) is 30.3 Å². The van der Waals surface area contributed by atoms with Crippen molar-refractivity contribution in [1.29, 1.82) is 0 Å². The maximum atomic E-state index is 12.5. The van der Waals surface area contributed by atoms with E-state index in [1.165, 1.54) is 5.57 Å². The van der Waals surface area contributed by atoms with Gasteiger partial charge in [0.2, 0.25) is 5.91 Å². The van der Waals surface area contributed by atoms with E-state index in [9.17, 15) is 9.59 Å². The van der Waals surface area contributed by atoms with Crippen LogP contribution in [0.2, 0.25) is 0 Å². The molecule has 2 aliphatic rings. The van der Waals surface area contributed by atoms with Crippen molar-refractivity contribution < 1.29 is 9.59 Å². The van der Waals surface area contributed by atoms with Crippen LogP contribution in [0.3, 0.4) is 0 Å². The van der Waals surface area contributed by atoms with Crippen molar-refractivity contribution in [3.05, 3.63) is 42.0 Å². The molecule has 25 heavy (non-hydrogen) atoms. The summed E-state index contributed by atoms with van der Waals surface area (Å²) in [6.07, 6.45) is 4.81. The number of carbonyl (C=O) groups excluding carboxylic acids is 2. The van der Waals surface area contributed by atoms with Gasteiger partial charge >= 0.3 is 6.03 Å². The van der Waals surface area contributed by atoms with Gasteiger partial charge in [-0.3, -0.25) is 4.79 Å². The molecule has 0 spiro atoms. The predicted octanol–water partition coefficient (Wildman–Crippen LogP) is 1.97. The van der Waals surface area contributed by atoms with E-state index in [1.54, 1.807) is 4.90 Å². The van der Waals surface area contributed by atoms with E-state index in [-0.39, 0.29) is 17.9 Å². The Labute approximate surface area is 148 Å². The highest BCUT2D eigenvalue weighted by Gasteiger charge is 2.28. The molecule has 0 aliphatic carbocycles. The molecular formula is C19H26N4O2. The fraction of sp³-hybridized carbons (Fsp3) is 0.474. The third kappa shape index (κ3) is 5.06. The highest BCUT2D eigenvalue weighted by Crippen LogP contribution is 2.18. The lowest BCUT2D eigenvalue weighted by Gasteiger charge is -2.32. The summed E-state index contributed by atoms with van der Waals surface area (Å²) < 4.78 is 0. The standard InChI is InChI=1S/C19H26N4O2/c24-18(21-13-15-8-10-20-11-9-15)16-5-4-12-23(14-16)19(25)22-17-6-2-1-3-7-17/h1-3,6-8,16,20H,4-5,9-14H2,(H,21,24)(H,22,25). The maximum absolute atomic E-state index is 12.5. The number of nitrogens with zero attached hydrogens (tertiary/aromatic N) is 1. The van der Waals surface area contributed by atoms with Gasteiger partial charge in [0.15, 0.2) is 0 Å². The molecular weight excluding hydrogens is 316 g/mol. The van der Waals surface area contributed by atoms with Crippen LogP contribution in [0.25, 0.3) is 0 Å². The normalized spacial score (nSPS) is 20.6. The van der Waals surface area contributed by atoms with Crippen LogP contribution in [0.4, 0.5) is 10.5 Å². The minimum Gasteiger partial charge on any atom is -0.352 e. The van der Waals surface area contributed by atoms with Gasteiger partial charge in [-0.2, -0.15) is 0 Å². The molecule has 0 saturated carbocycles. The van der Waals surface area contributed by atoms with E-state index >= 15 is 0 Å². The fourth-order valence-corrected chi connectivity index (χ4v) is 3.27. The molecule has 3 amide bonds. The van der Waals surface area contributed by atoms with Crippen LogP contribution in [0.15, 0.2) is 42.0 Å². The summed E-state index contributed by atoms with van der Waals surface area (Å²) in [4.78, 5) is 26.6. The number of piperidine rings is 1. The molecule has 1 aromatic carbocycles. The topological polar surface area (TPSA) is 73.5 Å². The van der Waals surface area contributed by atoms with Crippen LogP contribution in [0, 0.1) is 5.92 Å². The first-order valence-corrected chi connectivity index (χ1v) is 8.99. The van der Waals surface area contributed by atoms with Crippen molar-refractivity contribution in [2.45, 2.75) is 19.3 Å². The van der Waals surface area contributed by atoms with Crippen molar-refractivity contribution in [1.82, 2.24) is 15.5 Å². The minimum atomic E-state index is -0.134. The smallest absolute Gasteiger partial charge is 0.321 e. The van der Waals surface area contributed by atoms with Gasteiger partial charge in [-0.25, -0.2) is 4.79 Å². The van der Waals surface area contributed by atoms with E-state index in [2.05, 4.69) is 22.0 Å². The van der Waals surface area contributed by atoms with Crippen LogP contribution in [0.5, 0.6) is 0 Å². The number of likely N-dealkylation sites (tertiary alicyclic amines) is 1. The van der Waals surface area contributed by atoms with E-state index in [0.717, 1.165) is 38.0 Å². The van der Waals surface area contributed by atoms with Crippen LogP contribution < -0.4 is 16.0 Å². The van der Waals surface area contributed by atoms with Gasteiger partial charge in [-0.1, -0.05) is 29.8 Å². The number of amides is 3. The zero-order valence-corrected chi connectivity index (χ0v) is 14.5. The number of urea groups is 1. The van der Waals surface area contributed by atoms with Crippen LogP contribution in [0.1, 0.15) is 19.3 Å². The largest absolute Gasteiger partial charge is 0.352 e. The Hall–Kier alpha value is -2.34. The number of para-hydroxylation sites is 1. The molecule has 0 bridgehead atoms. The zero-order valence-electron chi connectivity index (χ0n) is 14.5. The van der Waals surface area contributed by atoms with E-state index in [0.29, 0.717) is 19.6 Å². The Balaban J connectivity index is 1.49. The molecule has 1 saturated heterocycles. The third-order valence-corrected chi connectivity index (χ3v) is 4.75. The van der Waals surface area contributed by atoms with Crippen LogP contribution in [-0.4, -0.2) is 49.6 Å². The number of carbonyl (C=O) groups is 2. The molecule has 3 rings (SSSR count). The fourth-order valence-electron chi connectivity index (χ4n) is 3.27. The van der Waals surface area contributed by atoms with Crippen molar-refractivity contribution in [2.24, 2.45) is 5.92 Å². The molecule has 2 aliphatic heterocycles. The highest BCUT2D eigenvalue weighted by atomic mass is 16.2. The SMILES string of the molecule is O=C(NCC1=CCNCC1)C1CCCN(C(=O)Nc2ccccc2)C1. The number of anilines is 1. The number of hydrogen-bond acceptors (Lipinski definition) is 3. The zero-order chi connectivity index (χ0) is 17.5. The van der Waals surface area contributed by atoms with Crippen molar-refractivity contribution in [3.8, 4) is 0 Å². The maximum Gasteiger partial charge on any atom is 0.321 e. The Kier molecular flexibility index (Phi) is 6.06. The second kappa shape index (κ2) is 8.67. The first-order chi connectivity index (χ1) is 12.2. The Morgan fingerprint density at radius 2 is 2.08 bits per heavy atom. The molecule has 6 heteroatoms. The number of benzene rings is 1. The summed E-state index contributed by atoms with van der Waals surface area (Å²) in [5.41, 5.74) is 2.05. The van der Waals surface area contributed by atoms with Crippen molar-refractivity contribution in [3.63, 3.8) is 0 Å². The van der Waals surface area contributed by atoms with E-state index in [4.69, 9.17) is 0 Å². The Morgan fingerprint density at radius 1 is 1.24 bits per heavy atom. The molecule has 3 N–H and O–H groups in total. The second-order valence-corrected chi connectivity index (χ2v) is 6.62. The molecule has 1 atom stereocenters. The first kappa shape index (κ1) is 17.5. The Bertz CT molecular complexity index is 630. The lowest BCUT2D eigenvalue weighted by Crippen LogP contribution is -2.47. The number of rotatable bonds is 4. The summed E-state index contributed by atoms with van der Waals surface area (Å²) in [6.45, 7) is 3.64. The van der Waals surface area contributed by atoms with Crippen LogP contribution >= 0.6 is 0 Å². The summed E-state index contributed by atoms with van der Waals surface area (Å²) in [5, 5.41) is 9.20. The van der Waals surface area contributed by atoms with Gasteiger partial charge in [0.1, 0.15) is 0 Å². The second-order valence-electron chi connectivity index (χ2n) is 6.62. The molecule has 6 nitrogen and oxygen atoms in total. The summed E-state index contributed by atoms with van der Waals surface area (Å²) in [7, 11) is 0. The molecule has 0 radical (unpaired) electrons. The summed E-state index contributed by atoms with van der Waals surface area (Å²) in [6, 6.07) is 9.27. The molecule has 0 aromatic heterocycles. The van der Waals surface area contributed by atoms with Crippen LogP contribution in [-0.2, 0) is 4.79 Å². The average molecular weight is 342 g/mol. The monoisotopic (exact) mass is 342 g/mol. The van der Waals surface area contributed by atoms with Gasteiger partial charge in [-0.05, 0) is 37.9 Å². The highest BCUT2D eigenvalue weighted by molar-refractivity contribution is 5.90. The number of nitrogens with one attached hydrogen (secondary N) is 3. The summed E-state index contributed by atoms with van der Waals surface area (Å²) in [5.74, 6) is -0.0748.